The summed E-state index contributed by atoms with van der Waals surface area (Å²) >= 11 is 0. The third-order valence-corrected chi connectivity index (χ3v) is 6.01. The van der Waals surface area contributed by atoms with Gasteiger partial charge in [0.05, 0.1) is 26.9 Å². The molecule has 168 valence electrons. The minimum atomic E-state index is -0.784. The van der Waals surface area contributed by atoms with E-state index in [1.807, 2.05) is 42.5 Å². The van der Waals surface area contributed by atoms with Crippen LogP contribution in [0.3, 0.4) is 0 Å². The lowest BCUT2D eigenvalue weighted by molar-refractivity contribution is -0.144. The molecule has 2 aromatic carbocycles. The molecular weight excluding hydrogens is 410 g/mol. The van der Waals surface area contributed by atoms with Crippen LogP contribution in [0, 0.1) is 0 Å². The van der Waals surface area contributed by atoms with Crippen molar-refractivity contribution in [1.29, 1.82) is 0 Å². The number of urea groups is 1. The lowest BCUT2D eigenvalue weighted by Crippen LogP contribution is -2.47. The minimum absolute atomic E-state index is 0.0278. The lowest BCUT2D eigenvalue weighted by Gasteiger charge is -2.39. The molecule has 0 aromatic heterocycles. The highest BCUT2D eigenvalue weighted by Gasteiger charge is 2.47. The number of methoxy groups -OCH3 is 2. The Hall–Kier alpha value is -3.39. The van der Waals surface area contributed by atoms with Crippen molar-refractivity contribution < 1.29 is 23.9 Å². The molecule has 2 aliphatic heterocycles. The number of amides is 4. The summed E-state index contributed by atoms with van der Waals surface area (Å²) < 4.78 is 11.0. The molecule has 4 rings (SSSR count). The number of rotatable bonds is 6. The normalized spacial score (nSPS) is 19.0. The van der Waals surface area contributed by atoms with Gasteiger partial charge in [-0.05, 0) is 49.1 Å². The molecule has 4 amide bonds. The van der Waals surface area contributed by atoms with E-state index in [2.05, 4.69) is 4.90 Å². The van der Waals surface area contributed by atoms with Crippen LogP contribution in [0.25, 0.3) is 0 Å². The Morgan fingerprint density at radius 3 is 2.22 bits per heavy atom. The first-order chi connectivity index (χ1) is 15.4. The molecule has 0 saturated carbocycles. The van der Waals surface area contributed by atoms with E-state index in [4.69, 9.17) is 9.47 Å². The second kappa shape index (κ2) is 8.63. The summed E-state index contributed by atoms with van der Waals surface area (Å²) in [4.78, 5) is 42.0. The monoisotopic (exact) mass is 437 g/mol. The van der Waals surface area contributed by atoms with Crippen LogP contribution in [0.15, 0.2) is 42.5 Å². The second-order valence-electron chi connectivity index (χ2n) is 8.21. The summed E-state index contributed by atoms with van der Waals surface area (Å²) in [6.07, 6.45) is 0.705. The standard InChI is InChI=1S/C24H27N3O5/c1-15(2)27-23(29)22(28)26(24(27)30)14-25-11-10-17-12-19(31-3)20(32-4)13-18(17)21(25)16-8-6-5-7-9-16/h5-9,12-13,15,21H,10-11,14H2,1-4H3. The van der Waals surface area contributed by atoms with E-state index >= 15 is 0 Å². The Bertz CT molecular complexity index is 1050. The summed E-state index contributed by atoms with van der Waals surface area (Å²) in [5.41, 5.74) is 3.16. The molecule has 0 bridgehead atoms. The number of benzene rings is 2. The maximum Gasteiger partial charge on any atom is 0.335 e. The Labute approximate surface area is 187 Å². The number of carbonyl (C=O) groups is 3. The van der Waals surface area contributed by atoms with Crippen molar-refractivity contribution >= 4 is 17.8 Å². The summed E-state index contributed by atoms with van der Waals surface area (Å²) in [6, 6.07) is 12.7. The van der Waals surface area contributed by atoms with E-state index < -0.39 is 17.8 Å². The molecule has 1 atom stereocenters. The molecule has 8 heteroatoms. The van der Waals surface area contributed by atoms with Gasteiger partial charge in [-0.25, -0.2) is 9.69 Å². The summed E-state index contributed by atoms with van der Waals surface area (Å²) in [5.74, 6) is -0.281. The van der Waals surface area contributed by atoms with E-state index in [1.165, 1.54) is 0 Å². The number of fused-ring (bicyclic) bond motifs is 1. The Balaban J connectivity index is 1.74. The lowest BCUT2D eigenvalue weighted by atomic mass is 9.88. The number of nitrogens with zero attached hydrogens (tertiary/aromatic N) is 3. The molecule has 1 fully saturated rings. The van der Waals surface area contributed by atoms with Crippen molar-refractivity contribution in [2.45, 2.75) is 32.4 Å². The van der Waals surface area contributed by atoms with Crippen LogP contribution in [-0.2, 0) is 16.0 Å². The van der Waals surface area contributed by atoms with Gasteiger partial charge in [0.15, 0.2) is 11.5 Å². The first kappa shape index (κ1) is 21.8. The van der Waals surface area contributed by atoms with Crippen LogP contribution < -0.4 is 9.47 Å². The fourth-order valence-electron chi connectivity index (χ4n) is 4.46. The predicted molar refractivity (Wildman–Crippen MR) is 117 cm³/mol. The molecule has 0 spiro atoms. The largest absolute Gasteiger partial charge is 0.493 e. The van der Waals surface area contributed by atoms with Gasteiger partial charge in [-0.1, -0.05) is 30.3 Å². The van der Waals surface area contributed by atoms with Gasteiger partial charge < -0.3 is 9.47 Å². The summed E-state index contributed by atoms with van der Waals surface area (Å²) in [6.45, 7) is 4.07. The zero-order chi connectivity index (χ0) is 23.0. The van der Waals surface area contributed by atoms with Gasteiger partial charge in [0.2, 0.25) is 0 Å². The summed E-state index contributed by atoms with van der Waals surface area (Å²) in [7, 11) is 3.20. The first-order valence-corrected chi connectivity index (χ1v) is 10.6. The highest BCUT2D eigenvalue weighted by atomic mass is 16.5. The van der Waals surface area contributed by atoms with Crippen LogP contribution in [-0.4, -0.2) is 66.0 Å². The fraction of sp³-hybridized carbons (Fsp3) is 0.375. The van der Waals surface area contributed by atoms with E-state index in [-0.39, 0.29) is 18.8 Å². The average Bonchev–Trinajstić information content (AvgIpc) is 3.01. The molecule has 0 aliphatic carbocycles. The minimum Gasteiger partial charge on any atom is -0.493 e. The Morgan fingerprint density at radius 1 is 0.969 bits per heavy atom. The molecule has 32 heavy (non-hydrogen) atoms. The quantitative estimate of drug-likeness (QED) is 0.511. The number of carbonyl (C=O) groups excluding carboxylic acids is 3. The van der Waals surface area contributed by atoms with Gasteiger partial charge in [-0.3, -0.25) is 19.4 Å². The smallest absolute Gasteiger partial charge is 0.335 e. The van der Waals surface area contributed by atoms with Crippen LogP contribution >= 0.6 is 0 Å². The molecule has 0 N–H and O–H groups in total. The number of hydrogen-bond donors (Lipinski definition) is 0. The SMILES string of the molecule is COc1cc2c(cc1OC)C(c1ccccc1)N(CN1C(=O)C(=O)N(C(C)C)C1=O)CC2. The maximum absolute atomic E-state index is 12.9. The molecule has 2 aromatic rings. The topological polar surface area (TPSA) is 79.4 Å². The van der Waals surface area contributed by atoms with E-state index in [0.717, 1.165) is 26.5 Å². The molecule has 1 saturated heterocycles. The van der Waals surface area contributed by atoms with Gasteiger partial charge in [-0.15, -0.1) is 0 Å². The van der Waals surface area contributed by atoms with Gasteiger partial charge >= 0.3 is 17.8 Å². The third-order valence-electron chi connectivity index (χ3n) is 6.01. The first-order valence-electron chi connectivity index (χ1n) is 10.6. The molecule has 1 unspecified atom stereocenters. The van der Waals surface area contributed by atoms with Gasteiger partial charge in [0, 0.05) is 12.6 Å². The molecular formula is C24H27N3O5. The molecule has 0 radical (unpaired) electrons. The van der Waals surface area contributed by atoms with Crippen LogP contribution in [0.5, 0.6) is 11.5 Å². The number of hydrogen-bond acceptors (Lipinski definition) is 6. The Morgan fingerprint density at radius 2 is 1.62 bits per heavy atom. The van der Waals surface area contributed by atoms with E-state index in [1.54, 1.807) is 28.1 Å². The van der Waals surface area contributed by atoms with Crippen molar-refractivity contribution in [3.8, 4) is 11.5 Å². The number of imide groups is 2. The highest BCUT2D eigenvalue weighted by molar-refractivity contribution is 6.44. The number of ether oxygens (including phenoxy) is 2. The molecule has 8 nitrogen and oxygen atoms in total. The Kier molecular flexibility index (Phi) is 5.88. The summed E-state index contributed by atoms with van der Waals surface area (Å²) in [5, 5.41) is 0. The average molecular weight is 437 g/mol. The van der Waals surface area contributed by atoms with Crippen molar-refractivity contribution in [2.75, 3.05) is 27.4 Å². The van der Waals surface area contributed by atoms with Crippen LogP contribution in [0.1, 0.15) is 36.6 Å². The third kappa shape index (κ3) is 3.60. The van der Waals surface area contributed by atoms with Crippen molar-refractivity contribution in [2.24, 2.45) is 0 Å². The zero-order valence-corrected chi connectivity index (χ0v) is 18.7. The van der Waals surface area contributed by atoms with Crippen LogP contribution in [0.2, 0.25) is 0 Å². The van der Waals surface area contributed by atoms with Crippen molar-refractivity contribution in [1.82, 2.24) is 14.7 Å². The van der Waals surface area contributed by atoms with Gasteiger partial charge in [-0.2, -0.15) is 0 Å². The predicted octanol–water partition coefficient (Wildman–Crippen LogP) is 2.81. The zero-order valence-electron chi connectivity index (χ0n) is 18.7. The molecule has 2 aliphatic rings. The maximum atomic E-state index is 12.9. The van der Waals surface area contributed by atoms with Gasteiger partial charge in [0.1, 0.15) is 0 Å². The van der Waals surface area contributed by atoms with Crippen molar-refractivity contribution in [3.05, 3.63) is 59.2 Å². The molecule has 2 heterocycles. The highest BCUT2D eigenvalue weighted by Crippen LogP contribution is 2.41. The fourth-order valence-corrected chi connectivity index (χ4v) is 4.46. The van der Waals surface area contributed by atoms with E-state index in [9.17, 15) is 14.4 Å². The van der Waals surface area contributed by atoms with Gasteiger partial charge in [0.25, 0.3) is 0 Å². The second-order valence-corrected chi connectivity index (χ2v) is 8.21. The van der Waals surface area contributed by atoms with Crippen LogP contribution in [0.4, 0.5) is 4.79 Å². The van der Waals surface area contributed by atoms with E-state index in [0.29, 0.717) is 24.5 Å². The van der Waals surface area contributed by atoms with Crippen molar-refractivity contribution in [3.63, 3.8) is 0 Å².